The molecule has 2 heterocycles. The summed E-state index contributed by atoms with van der Waals surface area (Å²) in [7, 11) is 0. The second-order valence-corrected chi connectivity index (χ2v) is 8.70. The van der Waals surface area contributed by atoms with Crippen molar-refractivity contribution >= 4 is 55.0 Å². The summed E-state index contributed by atoms with van der Waals surface area (Å²) in [5.74, 6) is -3.71. The normalized spacial score (nSPS) is 25.1. The van der Waals surface area contributed by atoms with E-state index in [-0.39, 0.29) is 14.9 Å². The number of rotatable bonds is 3. The Morgan fingerprint density at radius 3 is 2.54 bits per heavy atom. The molecule has 0 radical (unpaired) electrons. The maximum absolute atomic E-state index is 13.8. The van der Waals surface area contributed by atoms with Crippen LogP contribution in [0.5, 0.6) is 5.75 Å². The average Bonchev–Trinajstić information content (AvgIpc) is 3.10. The maximum atomic E-state index is 13.8. The van der Waals surface area contributed by atoms with E-state index in [9.17, 15) is 33.0 Å². The number of phenolic OH excluding ortho intramolecular Hbond substituents is 1. The summed E-state index contributed by atoms with van der Waals surface area (Å²) in [6, 6.07) is 2.49. The van der Waals surface area contributed by atoms with E-state index < -0.39 is 41.4 Å². The summed E-state index contributed by atoms with van der Waals surface area (Å²) in [5.41, 5.74) is -4.02. The first-order valence-corrected chi connectivity index (χ1v) is 10.1. The van der Waals surface area contributed by atoms with Gasteiger partial charge in [0.1, 0.15) is 11.7 Å². The van der Waals surface area contributed by atoms with E-state index in [1.807, 2.05) is 0 Å². The molecule has 0 bridgehead atoms. The highest BCUT2D eigenvalue weighted by molar-refractivity contribution is 9.11. The van der Waals surface area contributed by atoms with Crippen LogP contribution in [0.1, 0.15) is 21.3 Å². The fourth-order valence-electron chi connectivity index (χ4n) is 2.99. The van der Waals surface area contributed by atoms with Crippen LogP contribution in [-0.4, -0.2) is 33.9 Å². The Morgan fingerprint density at radius 2 is 1.96 bits per heavy atom. The van der Waals surface area contributed by atoms with Crippen molar-refractivity contribution in [3.63, 3.8) is 0 Å². The van der Waals surface area contributed by atoms with Gasteiger partial charge in [0.05, 0.1) is 15.4 Å². The molecule has 3 unspecified atom stereocenters. The smallest absolute Gasteiger partial charge is 0.437 e. The molecule has 1 aromatic heterocycles. The largest absolute Gasteiger partial charge is 0.506 e. The van der Waals surface area contributed by atoms with Crippen LogP contribution in [0.25, 0.3) is 0 Å². The van der Waals surface area contributed by atoms with Crippen molar-refractivity contribution in [3.8, 4) is 5.75 Å². The quantitative estimate of drug-likeness (QED) is 0.438. The number of Topliss-reactive ketones (excluding diaryl/α,β-unsaturated/α-hetero) is 1. The van der Waals surface area contributed by atoms with Gasteiger partial charge in [0.2, 0.25) is 5.72 Å². The van der Waals surface area contributed by atoms with E-state index in [0.717, 1.165) is 11.3 Å². The van der Waals surface area contributed by atoms with Crippen molar-refractivity contribution in [1.82, 2.24) is 10.6 Å². The first kappa shape index (κ1) is 21.1. The van der Waals surface area contributed by atoms with Crippen LogP contribution in [-0.2, 0) is 0 Å². The number of hydrogen-bond acceptors (Lipinski definition) is 5. The van der Waals surface area contributed by atoms with Gasteiger partial charge in [-0.1, -0.05) is 22.0 Å². The number of aliphatic hydroxyl groups is 1. The van der Waals surface area contributed by atoms with Gasteiger partial charge >= 0.3 is 12.2 Å². The fraction of sp³-hybridized carbons (Fsp3) is 0.250. The van der Waals surface area contributed by atoms with Gasteiger partial charge in [-0.25, -0.2) is 4.79 Å². The lowest BCUT2D eigenvalue weighted by Crippen LogP contribution is -2.72. The van der Waals surface area contributed by atoms with Gasteiger partial charge in [-0.15, -0.1) is 11.3 Å². The Morgan fingerprint density at radius 1 is 1.29 bits per heavy atom. The molecule has 1 saturated heterocycles. The molecule has 150 valence electrons. The van der Waals surface area contributed by atoms with Crippen LogP contribution in [0.15, 0.2) is 38.6 Å². The number of halogens is 5. The minimum absolute atomic E-state index is 0.0378. The number of thiophene rings is 1. The molecule has 1 aromatic carbocycles. The number of amides is 2. The van der Waals surface area contributed by atoms with E-state index in [1.165, 1.54) is 35.0 Å². The van der Waals surface area contributed by atoms with Crippen LogP contribution in [0.3, 0.4) is 0 Å². The molecular weight excluding hydrogens is 533 g/mol. The van der Waals surface area contributed by atoms with Gasteiger partial charge in [-0.05, 0) is 39.5 Å². The molecule has 6 nitrogen and oxygen atoms in total. The number of benzene rings is 1. The van der Waals surface area contributed by atoms with Crippen molar-refractivity contribution in [3.05, 3.63) is 49.0 Å². The number of carbonyl (C=O) groups is 2. The van der Waals surface area contributed by atoms with Crippen LogP contribution in [0.4, 0.5) is 18.0 Å². The number of urea groups is 1. The highest BCUT2D eigenvalue weighted by Gasteiger charge is 2.66. The number of ketones is 1. The fourth-order valence-corrected chi connectivity index (χ4v) is 4.96. The molecule has 0 spiro atoms. The maximum Gasteiger partial charge on any atom is 0.437 e. The molecule has 0 aliphatic carbocycles. The predicted octanol–water partition coefficient (Wildman–Crippen LogP) is 4.08. The van der Waals surface area contributed by atoms with Crippen molar-refractivity contribution < 1.29 is 33.0 Å². The number of aromatic hydroxyl groups is 1. The van der Waals surface area contributed by atoms with E-state index >= 15 is 0 Å². The molecule has 3 atom stereocenters. The van der Waals surface area contributed by atoms with Crippen LogP contribution >= 0.6 is 43.2 Å². The molecule has 2 amide bonds. The first-order chi connectivity index (χ1) is 13.0. The Balaban J connectivity index is 2.24. The molecule has 1 fully saturated rings. The van der Waals surface area contributed by atoms with Gasteiger partial charge in [0.15, 0.2) is 5.78 Å². The summed E-state index contributed by atoms with van der Waals surface area (Å²) >= 11 is 7.12. The SMILES string of the molecule is O=C1NC(c2cc(Br)cc(Br)c2O)C(C(=O)c2cccs2)C(O)(C(F)(F)F)N1. The second kappa shape index (κ2) is 7.32. The van der Waals surface area contributed by atoms with Crippen LogP contribution < -0.4 is 10.6 Å². The number of carbonyl (C=O) groups excluding carboxylic acids is 2. The third kappa shape index (κ3) is 3.53. The lowest BCUT2D eigenvalue weighted by molar-refractivity contribution is -0.287. The van der Waals surface area contributed by atoms with E-state index in [1.54, 1.807) is 0 Å². The third-order valence-electron chi connectivity index (χ3n) is 4.25. The molecule has 1 aliphatic rings. The van der Waals surface area contributed by atoms with Gasteiger partial charge < -0.3 is 20.8 Å². The summed E-state index contributed by atoms with van der Waals surface area (Å²) in [6.45, 7) is 0. The Bertz CT molecular complexity index is 939. The van der Waals surface area contributed by atoms with E-state index in [0.29, 0.717) is 4.47 Å². The second-order valence-electron chi connectivity index (χ2n) is 5.98. The van der Waals surface area contributed by atoms with Crippen molar-refractivity contribution in [2.24, 2.45) is 5.92 Å². The lowest BCUT2D eigenvalue weighted by Gasteiger charge is -2.45. The number of alkyl halides is 3. The summed E-state index contributed by atoms with van der Waals surface area (Å²) < 4.78 is 41.8. The lowest BCUT2D eigenvalue weighted by atomic mass is 9.78. The van der Waals surface area contributed by atoms with E-state index in [2.05, 4.69) is 37.2 Å². The topological polar surface area (TPSA) is 98.7 Å². The Labute approximate surface area is 177 Å². The number of hydrogen-bond donors (Lipinski definition) is 4. The van der Waals surface area contributed by atoms with E-state index in [4.69, 9.17) is 0 Å². The number of phenols is 1. The standard InChI is InChI=1S/C16H11Br2F3N2O4S/c17-6-4-7(12(24)8(18)5-6)11-10(13(25)9-2-1-3-28-9)15(27,16(19,20)21)23-14(26)22-11/h1-5,10-11,24,27H,(H2,22,23,26). The monoisotopic (exact) mass is 542 g/mol. The summed E-state index contributed by atoms with van der Waals surface area (Å²) in [4.78, 5) is 24.9. The van der Waals surface area contributed by atoms with Gasteiger partial charge in [-0.3, -0.25) is 4.79 Å². The molecule has 4 N–H and O–H groups in total. The van der Waals surface area contributed by atoms with Gasteiger partial charge in [0, 0.05) is 10.0 Å². The Kier molecular flexibility index (Phi) is 5.51. The van der Waals surface area contributed by atoms with Gasteiger partial charge in [0.25, 0.3) is 0 Å². The zero-order valence-electron chi connectivity index (χ0n) is 13.6. The summed E-state index contributed by atoms with van der Waals surface area (Å²) in [6.07, 6.45) is -5.36. The van der Waals surface area contributed by atoms with Crippen molar-refractivity contribution in [2.45, 2.75) is 17.9 Å². The van der Waals surface area contributed by atoms with Crippen LogP contribution in [0.2, 0.25) is 0 Å². The number of nitrogens with one attached hydrogen (secondary N) is 2. The van der Waals surface area contributed by atoms with Crippen molar-refractivity contribution in [2.75, 3.05) is 0 Å². The first-order valence-electron chi connectivity index (χ1n) is 7.59. The third-order valence-corrected chi connectivity index (χ3v) is 6.19. The highest BCUT2D eigenvalue weighted by Crippen LogP contribution is 2.47. The van der Waals surface area contributed by atoms with Crippen LogP contribution in [0, 0.1) is 5.92 Å². The summed E-state index contributed by atoms with van der Waals surface area (Å²) in [5, 5.41) is 26.0. The molecule has 1 aliphatic heterocycles. The minimum Gasteiger partial charge on any atom is -0.506 e. The molecule has 0 saturated carbocycles. The molecule has 12 heteroatoms. The predicted molar refractivity (Wildman–Crippen MR) is 101 cm³/mol. The highest BCUT2D eigenvalue weighted by atomic mass is 79.9. The Hall–Kier alpha value is -1.63. The average molecular weight is 544 g/mol. The van der Waals surface area contributed by atoms with Gasteiger partial charge in [-0.2, -0.15) is 13.2 Å². The van der Waals surface area contributed by atoms with Crippen molar-refractivity contribution in [1.29, 1.82) is 0 Å². The molecule has 3 rings (SSSR count). The molecular formula is C16H11Br2F3N2O4S. The zero-order chi connectivity index (χ0) is 20.9. The molecule has 28 heavy (non-hydrogen) atoms. The minimum atomic E-state index is -5.36. The zero-order valence-corrected chi connectivity index (χ0v) is 17.5. The molecule has 2 aromatic rings.